The molecule has 2 N–H and O–H groups in total. The van der Waals surface area contributed by atoms with Crippen molar-refractivity contribution in [1.82, 2.24) is 4.90 Å². The van der Waals surface area contributed by atoms with Crippen molar-refractivity contribution >= 4 is 29.2 Å². The lowest BCUT2D eigenvalue weighted by atomic mass is 9.97. The average Bonchev–Trinajstić information content (AvgIpc) is 2.56. The van der Waals surface area contributed by atoms with Crippen LogP contribution in [-0.2, 0) is 9.59 Å². The second kappa shape index (κ2) is 7.84. The van der Waals surface area contributed by atoms with E-state index in [1.807, 2.05) is 13.0 Å². The molecule has 7 heteroatoms. The first-order valence-corrected chi connectivity index (χ1v) is 7.94. The van der Waals surface area contributed by atoms with E-state index in [1.165, 1.54) is 6.20 Å². The Bertz CT molecular complexity index is 716. The Morgan fingerprint density at radius 3 is 2.62 bits per heavy atom. The lowest BCUT2D eigenvalue weighted by molar-refractivity contribution is -0.143. The molecule has 126 valence electrons. The second-order valence-electron chi connectivity index (χ2n) is 5.72. The zero-order valence-electron chi connectivity index (χ0n) is 13.3. The first kappa shape index (κ1) is 17.8. The summed E-state index contributed by atoms with van der Waals surface area (Å²) in [6.07, 6.45) is 2.49. The number of rotatable bonds is 4. The molecule has 1 saturated heterocycles. The van der Waals surface area contributed by atoms with E-state index in [4.69, 9.17) is 16.7 Å². The number of carbonyl (C=O) groups is 2. The van der Waals surface area contributed by atoms with Crippen LogP contribution in [0.4, 0.5) is 5.69 Å². The first-order chi connectivity index (χ1) is 11.4. The summed E-state index contributed by atoms with van der Waals surface area (Å²) in [6, 6.07) is 7.01. The summed E-state index contributed by atoms with van der Waals surface area (Å²) < 4.78 is 0. The summed E-state index contributed by atoms with van der Waals surface area (Å²) in [7, 11) is 0. The number of aryl methyl sites for hydroxylation is 1. The Balaban J connectivity index is 2.02. The highest BCUT2D eigenvalue weighted by atomic mass is 35.5. The number of nitriles is 1. The largest absolute Gasteiger partial charge is 0.481 e. The number of likely N-dealkylation sites (tertiary alicyclic amines) is 1. The van der Waals surface area contributed by atoms with E-state index in [-0.39, 0.29) is 11.5 Å². The molecule has 0 radical (unpaired) electrons. The van der Waals surface area contributed by atoms with E-state index in [2.05, 4.69) is 5.32 Å². The van der Waals surface area contributed by atoms with Crippen molar-refractivity contribution < 1.29 is 14.7 Å². The predicted molar refractivity (Wildman–Crippen MR) is 90.4 cm³/mol. The van der Waals surface area contributed by atoms with E-state index in [0.29, 0.717) is 36.6 Å². The standard InChI is InChI=1S/C17H18ClN3O3/c1-11-2-3-14(8-15(11)18)20-16(22)13(9-19)10-21-6-4-12(5-7-21)17(23)24/h2-3,8,10,12H,4-7H2,1H3,(H,20,22)(H,23,24)/b13-10-. The monoisotopic (exact) mass is 347 g/mol. The van der Waals surface area contributed by atoms with Crippen molar-refractivity contribution in [2.75, 3.05) is 18.4 Å². The number of nitrogens with one attached hydrogen (secondary N) is 1. The smallest absolute Gasteiger partial charge is 0.306 e. The van der Waals surface area contributed by atoms with Crippen LogP contribution in [-0.4, -0.2) is 35.0 Å². The van der Waals surface area contributed by atoms with E-state index in [9.17, 15) is 14.9 Å². The van der Waals surface area contributed by atoms with E-state index in [0.717, 1.165) is 5.56 Å². The molecular weight excluding hydrogens is 330 g/mol. The molecule has 24 heavy (non-hydrogen) atoms. The quantitative estimate of drug-likeness (QED) is 0.645. The molecule has 0 spiro atoms. The summed E-state index contributed by atoms with van der Waals surface area (Å²) in [5.74, 6) is -1.67. The van der Waals surface area contributed by atoms with Crippen LogP contribution in [0.1, 0.15) is 18.4 Å². The van der Waals surface area contributed by atoms with Crippen molar-refractivity contribution in [3.63, 3.8) is 0 Å². The fraction of sp³-hybridized carbons (Fsp3) is 0.353. The first-order valence-electron chi connectivity index (χ1n) is 7.57. The molecule has 1 heterocycles. The molecule has 0 atom stereocenters. The van der Waals surface area contributed by atoms with Gasteiger partial charge in [0.05, 0.1) is 5.92 Å². The molecule has 1 fully saturated rings. The van der Waals surface area contributed by atoms with Gasteiger partial charge in [0.1, 0.15) is 11.6 Å². The summed E-state index contributed by atoms with van der Waals surface area (Å²) in [4.78, 5) is 25.0. The van der Waals surface area contributed by atoms with Crippen LogP contribution < -0.4 is 5.32 Å². The molecule has 1 aromatic rings. The third-order valence-electron chi connectivity index (χ3n) is 3.99. The number of nitrogens with zero attached hydrogens (tertiary/aromatic N) is 2. The van der Waals surface area contributed by atoms with Crippen LogP contribution in [0.3, 0.4) is 0 Å². The number of halogens is 1. The molecule has 0 unspecified atom stereocenters. The molecule has 2 rings (SSSR count). The topological polar surface area (TPSA) is 93.4 Å². The van der Waals surface area contributed by atoms with Crippen LogP contribution in [0, 0.1) is 24.2 Å². The zero-order valence-corrected chi connectivity index (χ0v) is 14.0. The highest BCUT2D eigenvalue weighted by molar-refractivity contribution is 6.31. The van der Waals surface area contributed by atoms with Gasteiger partial charge in [-0.15, -0.1) is 0 Å². The van der Waals surface area contributed by atoms with Gasteiger partial charge in [0.2, 0.25) is 0 Å². The van der Waals surface area contributed by atoms with Crippen molar-refractivity contribution in [3.05, 3.63) is 40.6 Å². The lowest BCUT2D eigenvalue weighted by Gasteiger charge is -2.29. The fourth-order valence-electron chi connectivity index (χ4n) is 2.47. The van der Waals surface area contributed by atoms with Crippen molar-refractivity contribution in [2.24, 2.45) is 5.92 Å². The normalized spacial score (nSPS) is 15.7. The van der Waals surface area contributed by atoms with Crippen LogP contribution in [0.15, 0.2) is 30.0 Å². The molecule has 1 aromatic carbocycles. The highest BCUT2D eigenvalue weighted by Crippen LogP contribution is 2.21. The molecule has 1 amide bonds. The molecule has 0 aliphatic carbocycles. The number of hydrogen-bond donors (Lipinski definition) is 2. The Labute approximate surface area is 145 Å². The van der Waals surface area contributed by atoms with Crippen molar-refractivity contribution in [1.29, 1.82) is 5.26 Å². The van der Waals surface area contributed by atoms with Gasteiger partial charge in [0.15, 0.2) is 0 Å². The Morgan fingerprint density at radius 1 is 1.42 bits per heavy atom. The third kappa shape index (κ3) is 4.49. The minimum absolute atomic E-state index is 0.0273. The van der Waals surface area contributed by atoms with Crippen molar-refractivity contribution in [3.8, 4) is 6.07 Å². The van der Waals surface area contributed by atoms with Gasteiger partial charge >= 0.3 is 5.97 Å². The van der Waals surface area contributed by atoms with Crippen LogP contribution in [0.25, 0.3) is 0 Å². The van der Waals surface area contributed by atoms with E-state index >= 15 is 0 Å². The average molecular weight is 348 g/mol. The van der Waals surface area contributed by atoms with Crippen LogP contribution in [0.2, 0.25) is 5.02 Å². The maximum atomic E-state index is 12.2. The Hall–Kier alpha value is -2.52. The van der Waals surface area contributed by atoms with Crippen LogP contribution in [0.5, 0.6) is 0 Å². The Kier molecular flexibility index (Phi) is 5.83. The molecule has 0 saturated carbocycles. The van der Waals surface area contributed by atoms with Gasteiger partial charge in [0.25, 0.3) is 5.91 Å². The van der Waals surface area contributed by atoms with Gasteiger partial charge in [-0.2, -0.15) is 5.26 Å². The van der Waals surface area contributed by atoms with Gasteiger partial charge < -0.3 is 15.3 Å². The summed E-state index contributed by atoms with van der Waals surface area (Å²) in [5.41, 5.74) is 1.38. The number of piperidine rings is 1. The number of amides is 1. The van der Waals surface area contributed by atoms with Gasteiger partial charge in [-0.1, -0.05) is 17.7 Å². The number of hydrogen-bond acceptors (Lipinski definition) is 4. The maximum Gasteiger partial charge on any atom is 0.306 e. The Morgan fingerprint density at radius 2 is 2.08 bits per heavy atom. The molecule has 1 aliphatic heterocycles. The number of carboxylic acid groups (broad SMARTS) is 1. The van der Waals surface area contributed by atoms with Crippen molar-refractivity contribution in [2.45, 2.75) is 19.8 Å². The number of benzene rings is 1. The maximum absolute atomic E-state index is 12.2. The number of anilines is 1. The van der Waals surface area contributed by atoms with E-state index in [1.54, 1.807) is 23.1 Å². The third-order valence-corrected chi connectivity index (χ3v) is 4.39. The number of aliphatic carboxylic acids is 1. The predicted octanol–water partition coefficient (Wildman–Crippen LogP) is 2.79. The summed E-state index contributed by atoms with van der Waals surface area (Å²) in [5, 5.41) is 21.4. The summed E-state index contributed by atoms with van der Waals surface area (Å²) >= 11 is 6.02. The van der Waals surface area contributed by atoms with Gasteiger partial charge in [-0.05, 0) is 37.5 Å². The van der Waals surface area contributed by atoms with Gasteiger partial charge in [-0.3, -0.25) is 9.59 Å². The lowest BCUT2D eigenvalue weighted by Crippen LogP contribution is -2.33. The van der Waals surface area contributed by atoms with Gasteiger partial charge in [0, 0.05) is 30.0 Å². The summed E-state index contributed by atoms with van der Waals surface area (Å²) in [6.45, 7) is 2.87. The molecular formula is C17H18ClN3O3. The van der Waals surface area contributed by atoms with E-state index < -0.39 is 11.9 Å². The molecule has 1 aliphatic rings. The van der Waals surface area contributed by atoms with Gasteiger partial charge in [-0.25, -0.2) is 0 Å². The molecule has 0 aromatic heterocycles. The SMILES string of the molecule is Cc1ccc(NC(=O)/C(C#N)=C\N2CCC(C(=O)O)CC2)cc1Cl. The minimum Gasteiger partial charge on any atom is -0.481 e. The highest BCUT2D eigenvalue weighted by Gasteiger charge is 2.24. The zero-order chi connectivity index (χ0) is 17.7. The molecule has 0 bridgehead atoms. The number of carbonyl (C=O) groups excluding carboxylic acids is 1. The number of carboxylic acids is 1. The fourth-order valence-corrected chi connectivity index (χ4v) is 2.65. The molecule has 6 nitrogen and oxygen atoms in total. The van der Waals surface area contributed by atoms with Crippen LogP contribution >= 0.6 is 11.6 Å². The minimum atomic E-state index is -0.798. The second-order valence-corrected chi connectivity index (χ2v) is 6.13.